The molecule has 0 fully saturated rings. The van der Waals surface area contributed by atoms with E-state index >= 15 is 0 Å². The van der Waals surface area contributed by atoms with Gasteiger partial charge in [0.05, 0.1) is 12.8 Å². The molecule has 1 heterocycles. The highest BCUT2D eigenvalue weighted by molar-refractivity contribution is 6.53. The number of hydrogen-bond donors (Lipinski definition) is 2. The average Bonchev–Trinajstić information content (AvgIpc) is 3.07. The SMILES string of the molecule is CCc1ccc(N2C(=O)C(Cl)=C(Nc3cccc(C(=O)Nc4cccc(OC)c4)c3)C2=O)cc1. The van der Waals surface area contributed by atoms with Gasteiger partial charge in [-0.2, -0.15) is 0 Å². The number of nitrogens with zero attached hydrogens (tertiary/aromatic N) is 1. The van der Waals surface area contributed by atoms with Gasteiger partial charge in [0.2, 0.25) is 0 Å². The van der Waals surface area contributed by atoms with Gasteiger partial charge in [0.1, 0.15) is 16.5 Å². The second-order valence-electron chi connectivity index (χ2n) is 7.55. The molecule has 8 heteroatoms. The Hall–Kier alpha value is -4.10. The van der Waals surface area contributed by atoms with Gasteiger partial charge in [-0.1, -0.05) is 42.8 Å². The van der Waals surface area contributed by atoms with Crippen molar-refractivity contribution < 1.29 is 19.1 Å². The Labute approximate surface area is 202 Å². The third-order valence-electron chi connectivity index (χ3n) is 5.35. The highest BCUT2D eigenvalue weighted by atomic mass is 35.5. The maximum atomic E-state index is 13.0. The summed E-state index contributed by atoms with van der Waals surface area (Å²) in [7, 11) is 1.55. The summed E-state index contributed by atoms with van der Waals surface area (Å²) in [6.07, 6.45) is 0.843. The fraction of sp³-hybridized carbons (Fsp3) is 0.115. The van der Waals surface area contributed by atoms with Crippen LogP contribution >= 0.6 is 11.6 Å². The van der Waals surface area contributed by atoms with E-state index in [4.69, 9.17) is 16.3 Å². The van der Waals surface area contributed by atoms with E-state index < -0.39 is 11.8 Å². The van der Waals surface area contributed by atoms with E-state index in [1.54, 1.807) is 67.8 Å². The molecule has 0 spiro atoms. The molecule has 172 valence electrons. The number of benzene rings is 3. The monoisotopic (exact) mass is 475 g/mol. The molecule has 0 atom stereocenters. The van der Waals surface area contributed by atoms with Crippen molar-refractivity contribution in [1.29, 1.82) is 0 Å². The minimum absolute atomic E-state index is 0.0448. The van der Waals surface area contributed by atoms with Gasteiger partial charge >= 0.3 is 0 Å². The fourth-order valence-electron chi connectivity index (χ4n) is 3.51. The van der Waals surface area contributed by atoms with Gasteiger partial charge in [0.25, 0.3) is 17.7 Å². The van der Waals surface area contributed by atoms with Gasteiger partial charge < -0.3 is 15.4 Å². The van der Waals surface area contributed by atoms with Crippen LogP contribution in [0.2, 0.25) is 0 Å². The Balaban J connectivity index is 1.52. The average molecular weight is 476 g/mol. The minimum Gasteiger partial charge on any atom is -0.497 e. The Morgan fingerprint density at radius 1 is 0.941 bits per heavy atom. The predicted molar refractivity (Wildman–Crippen MR) is 132 cm³/mol. The number of hydrogen-bond acceptors (Lipinski definition) is 5. The highest BCUT2D eigenvalue weighted by Gasteiger charge is 2.39. The minimum atomic E-state index is -0.606. The number of ether oxygens (including phenoxy) is 1. The maximum absolute atomic E-state index is 13.0. The molecule has 1 aliphatic heterocycles. The van der Waals surface area contributed by atoms with Crippen LogP contribution in [-0.2, 0) is 16.0 Å². The molecule has 34 heavy (non-hydrogen) atoms. The van der Waals surface area contributed by atoms with Crippen LogP contribution in [0.25, 0.3) is 0 Å². The lowest BCUT2D eigenvalue weighted by molar-refractivity contribution is -0.120. The maximum Gasteiger partial charge on any atom is 0.283 e. The van der Waals surface area contributed by atoms with Gasteiger partial charge in [-0.25, -0.2) is 4.90 Å². The molecule has 7 nitrogen and oxygen atoms in total. The number of carbonyl (C=O) groups excluding carboxylic acids is 3. The summed E-state index contributed by atoms with van der Waals surface area (Å²) in [5.74, 6) is -0.896. The van der Waals surface area contributed by atoms with E-state index in [0.717, 1.165) is 16.9 Å². The largest absolute Gasteiger partial charge is 0.497 e. The Morgan fingerprint density at radius 2 is 1.65 bits per heavy atom. The van der Waals surface area contributed by atoms with Crippen molar-refractivity contribution in [2.45, 2.75) is 13.3 Å². The van der Waals surface area contributed by atoms with Crippen LogP contribution in [0.5, 0.6) is 5.75 Å². The van der Waals surface area contributed by atoms with E-state index in [9.17, 15) is 14.4 Å². The van der Waals surface area contributed by atoms with Crippen molar-refractivity contribution in [3.8, 4) is 5.75 Å². The molecule has 4 rings (SSSR count). The van der Waals surface area contributed by atoms with E-state index in [1.807, 2.05) is 19.1 Å². The molecule has 3 aromatic rings. The first-order chi connectivity index (χ1) is 16.4. The first kappa shape index (κ1) is 23.1. The van der Waals surface area contributed by atoms with Gasteiger partial charge in [-0.15, -0.1) is 0 Å². The zero-order valence-corrected chi connectivity index (χ0v) is 19.3. The molecule has 1 aliphatic rings. The number of carbonyl (C=O) groups is 3. The second-order valence-corrected chi connectivity index (χ2v) is 7.92. The molecule has 3 aromatic carbocycles. The molecule has 0 saturated carbocycles. The van der Waals surface area contributed by atoms with E-state index in [0.29, 0.717) is 28.4 Å². The summed E-state index contributed by atoms with van der Waals surface area (Å²) < 4.78 is 5.17. The third kappa shape index (κ3) is 4.65. The van der Waals surface area contributed by atoms with Crippen LogP contribution < -0.4 is 20.3 Å². The number of amides is 3. The molecule has 3 amide bonds. The van der Waals surface area contributed by atoms with Crippen LogP contribution in [0.4, 0.5) is 17.1 Å². The number of rotatable bonds is 7. The first-order valence-electron chi connectivity index (χ1n) is 10.6. The molecule has 0 unspecified atom stereocenters. The summed E-state index contributed by atoms with van der Waals surface area (Å²) in [5, 5.41) is 5.50. The molecule has 0 saturated heterocycles. The fourth-order valence-corrected chi connectivity index (χ4v) is 3.73. The predicted octanol–water partition coefficient (Wildman–Crippen LogP) is 4.95. The van der Waals surface area contributed by atoms with Crippen molar-refractivity contribution in [3.05, 3.63) is 94.7 Å². The van der Waals surface area contributed by atoms with Gasteiger partial charge in [0, 0.05) is 23.0 Å². The number of imide groups is 1. The van der Waals surface area contributed by atoms with E-state index in [-0.39, 0.29) is 16.6 Å². The topological polar surface area (TPSA) is 87.7 Å². The lowest BCUT2D eigenvalue weighted by Gasteiger charge is -2.15. The van der Waals surface area contributed by atoms with Gasteiger partial charge in [0.15, 0.2) is 0 Å². The number of anilines is 3. The normalized spacial score (nSPS) is 13.3. The van der Waals surface area contributed by atoms with E-state index in [2.05, 4.69) is 10.6 Å². The molecule has 0 radical (unpaired) electrons. The van der Waals surface area contributed by atoms with Crippen LogP contribution in [0.3, 0.4) is 0 Å². The highest BCUT2D eigenvalue weighted by Crippen LogP contribution is 2.30. The number of nitrogens with one attached hydrogen (secondary N) is 2. The van der Waals surface area contributed by atoms with Crippen LogP contribution in [0.15, 0.2) is 83.5 Å². The van der Waals surface area contributed by atoms with Crippen molar-refractivity contribution >= 4 is 46.4 Å². The molecule has 0 aliphatic carbocycles. The van der Waals surface area contributed by atoms with E-state index in [1.165, 1.54) is 0 Å². The lowest BCUT2D eigenvalue weighted by Crippen LogP contribution is -2.32. The molecule has 2 N–H and O–H groups in total. The standard InChI is InChI=1S/C26H22ClN3O4/c1-3-16-10-12-20(13-11-16)30-25(32)22(27)23(26(30)33)28-18-7-4-6-17(14-18)24(31)29-19-8-5-9-21(15-19)34-2/h4-15,28H,3H2,1-2H3,(H,29,31). The lowest BCUT2D eigenvalue weighted by atomic mass is 10.1. The number of aryl methyl sites for hydroxylation is 1. The summed E-state index contributed by atoms with van der Waals surface area (Å²) in [4.78, 5) is 39.5. The summed E-state index contributed by atoms with van der Waals surface area (Å²) >= 11 is 6.23. The van der Waals surface area contributed by atoms with Crippen LogP contribution in [-0.4, -0.2) is 24.8 Å². The summed E-state index contributed by atoms with van der Waals surface area (Å²) in [6.45, 7) is 2.02. The number of halogens is 1. The Bertz CT molecular complexity index is 1300. The summed E-state index contributed by atoms with van der Waals surface area (Å²) in [6, 6.07) is 20.7. The van der Waals surface area contributed by atoms with Crippen molar-refractivity contribution in [2.24, 2.45) is 0 Å². The number of methoxy groups -OCH3 is 1. The smallest absolute Gasteiger partial charge is 0.283 e. The zero-order valence-electron chi connectivity index (χ0n) is 18.6. The van der Waals surface area contributed by atoms with Gasteiger partial charge in [-0.3, -0.25) is 14.4 Å². The van der Waals surface area contributed by atoms with Gasteiger partial charge in [-0.05, 0) is 54.4 Å². The third-order valence-corrected chi connectivity index (χ3v) is 5.70. The quantitative estimate of drug-likeness (QED) is 0.472. The first-order valence-corrected chi connectivity index (χ1v) is 11.0. The molecular weight excluding hydrogens is 454 g/mol. The van der Waals surface area contributed by atoms with Crippen LogP contribution in [0, 0.1) is 0 Å². The van der Waals surface area contributed by atoms with Crippen molar-refractivity contribution in [3.63, 3.8) is 0 Å². The second kappa shape index (κ2) is 9.80. The van der Waals surface area contributed by atoms with Crippen LogP contribution in [0.1, 0.15) is 22.8 Å². The summed E-state index contributed by atoms with van der Waals surface area (Å²) in [5.41, 5.74) is 2.85. The van der Waals surface area contributed by atoms with Crippen molar-refractivity contribution in [1.82, 2.24) is 0 Å². The Kier molecular flexibility index (Phi) is 6.65. The molecule has 0 aromatic heterocycles. The Morgan fingerprint density at radius 3 is 2.35 bits per heavy atom. The van der Waals surface area contributed by atoms with Crippen molar-refractivity contribution in [2.75, 3.05) is 22.6 Å². The molecule has 0 bridgehead atoms. The zero-order chi connectivity index (χ0) is 24.2. The molecular formula is C26H22ClN3O4.